The summed E-state index contributed by atoms with van der Waals surface area (Å²) in [6.07, 6.45) is 9.88. The van der Waals surface area contributed by atoms with E-state index in [1.807, 2.05) is 24.4 Å². The van der Waals surface area contributed by atoms with E-state index in [0.717, 1.165) is 17.2 Å². The van der Waals surface area contributed by atoms with E-state index in [-0.39, 0.29) is 0 Å². The number of aromatic nitrogens is 1. The second-order valence-corrected chi connectivity index (χ2v) is 6.50. The molecular weight excluding hydrogens is 284 g/mol. The number of nitrogens with zero attached hydrogens (tertiary/aromatic N) is 2. The summed E-state index contributed by atoms with van der Waals surface area (Å²) in [5.41, 5.74) is 3.77. The molecule has 0 spiro atoms. The number of benzene rings is 1. The van der Waals surface area contributed by atoms with Crippen LogP contribution in [0.4, 0.5) is 0 Å². The van der Waals surface area contributed by atoms with Gasteiger partial charge in [0.1, 0.15) is 12.4 Å². The van der Waals surface area contributed by atoms with Gasteiger partial charge < -0.3 is 9.64 Å². The molecule has 2 aromatic rings. The summed E-state index contributed by atoms with van der Waals surface area (Å²) in [6, 6.07) is 12.3. The fraction of sp³-hybridized carbons (Fsp3) is 0.350. The molecule has 3 heterocycles. The van der Waals surface area contributed by atoms with Crippen molar-refractivity contribution in [3.05, 3.63) is 65.6 Å². The molecule has 1 aromatic heterocycles. The quantitative estimate of drug-likeness (QED) is 0.849. The molecule has 0 amide bonds. The second-order valence-electron chi connectivity index (χ2n) is 6.50. The van der Waals surface area contributed by atoms with Gasteiger partial charge >= 0.3 is 0 Å². The van der Waals surface area contributed by atoms with Crippen molar-refractivity contribution in [2.75, 3.05) is 13.1 Å². The van der Waals surface area contributed by atoms with Crippen LogP contribution in [0.1, 0.15) is 30.4 Å². The molecule has 3 nitrogen and oxygen atoms in total. The van der Waals surface area contributed by atoms with Gasteiger partial charge in [-0.05, 0) is 48.4 Å². The maximum absolute atomic E-state index is 5.88. The van der Waals surface area contributed by atoms with Crippen LogP contribution in [0, 0.1) is 5.92 Å². The van der Waals surface area contributed by atoms with Crippen molar-refractivity contribution in [3.63, 3.8) is 0 Å². The average molecular weight is 306 g/mol. The topological polar surface area (TPSA) is 25.4 Å². The van der Waals surface area contributed by atoms with Crippen molar-refractivity contribution in [1.29, 1.82) is 0 Å². The van der Waals surface area contributed by atoms with E-state index < -0.39 is 0 Å². The third-order valence-corrected chi connectivity index (χ3v) is 4.82. The van der Waals surface area contributed by atoms with E-state index in [0.29, 0.717) is 6.61 Å². The number of allylic oxidation sites excluding steroid dienone is 1. The second kappa shape index (κ2) is 6.45. The lowest BCUT2D eigenvalue weighted by molar-refractivity contribution is 0.305. The van der Waals surface area contributed by atoms with E-state index >= 15 is 0 Å². The van der Waals surface area contributed by atoms with Crippen molar-refractivity contribution in [2.24, 2.45) is 5.92 Å². The fourth-order valence-corrected chi connectivity index (χ4v) is 3.53. The molecule has 0 N–H and O–H groups in total. The molecule has 0 radical (unpaired) electrons. The van der Waals surface area contributed by atoms with Crippen LogP contribution in [0.25, 0.3) is 6.08 Å². The van der Waals surface area contributed by atoms with Crippen molar-refractivity contribution >= 4 is 6.08 Å². The summed E-state index contributed by atoms with van der Waals surface area (Å²) in [5.74, 6) is 1.75. The van der Waals surface area contributed by atoms with Crippen LogP contribution in [0.5, 0.6) is 5.75 Å². The Labute approximate surface area is 137 Å². The molecule has 0 aliphatic carbocycles. The summed E-state index contributed by atoms with van der Waals surface area (Å²) < 4.78 is 5.88. The fourth-order valence-electron chi connectivity index (χ4n) is 3.53. The van der Waals surface area contributed by atoms with Gasteiger partial charge in [-0.3, -0.25) is 4.98 Å². The molecule has 1 atom stereocenters. The Morgan fingerprint density at radius 3 is 3.00 bits per heavy atom. The number of hydrogen-bond donors (Lipinski definition) is 0. The van der Waals surface area contributed by atoms with E-state index in [1.165, 1.54) is 43.6 Å². The summed E-state index contributed by atoms with van der Waals surface area (Å²) in [7, 11) is 0. The van der Waals surface area contributed by atoms with Gasteiger partial charge in [-0.25, -0.2) is 0 Å². The van der Waals surface area contributed by atoms with Crippen LogP contribution in [-0.2, 0) is 6.61 Å². The maximum atomic E-state index is 5.88. The first-order chi connectivity index (χ1) is 11.4. The molecule has 4 rings (SSSR count). The zero-order valence-corrected chi connectivity index (χ0v) is 13.3. The Balaban J connectivity index is 1.46. The van der Waals surface area contributed by atoms with E-state index in [1.54, 1.807) is 6.20 Å². The number of hydrogen-bond acceptors (Lipinski definition) is 3. The Morgan fingerprint density at radius 1 is 1.17 bits per heavy atom. The van der Waals surface area contributed by atoms with Gasteiger partial charge in [0.05, 0.1) is 6.20 Å². The van der Waals surface area contributed by atoms with Crippen molar-refractivity contribution in [1.82, 2.24) is 9.88 Å². The summed E-state index contributed by atoms with van der Waals surface area (Å²) in [4.78, 5) is 6.87. The first kappa shape index (κ1) is 14.3. The van der Waals surface area contributed by atoms with Gasteiger partial charge in [-0.1, -0.05) is 30.3 Å². The first-order valence-electron chi connectivity index (χ1n) is 8.44. The minimum atomic E-state index is 0.580. The largest absolute Gasteiger partial charge is 0.487 e. The highest BCUT2D eigenvalue weighted by atomic mass is 16.5. The monoisotopic (exact) mass is 306 g/mol. The molecule has 0 saturated carbocycles. The predicted molar refractivity (Wildman–Crippen MR) is 91.9 cm³/mol. The van der Waals surface area contributed by atoms with Crippen molar-refractivity contribution in [3.8, 4) is 5.75 Å². The van der Waals surface area contributed by atoms with Gasteiger partial charge in [0.15, 0.2) is 0 Å². The Bertz CT molecular complexity index is 696. The molecule has 1 aromatic carbocycles. The van der Waals surface area contributed by atoms with Crippen LogP contribution in [0.15, 0.2) is 54.5 Å². The third-order valence-electron chi connectivity index (χ3n) is 4.82. The zero-order valence-electron chi connectivity index (χ0n) is 13.3. The van der Waals surface area contributed by atoms with Crippen LogP contribution in [-0.4, -0.2) is 23.0 Å². The summed E-state index contributed by atoms with van der Waals surface area (Å²) in [5, 5.41) is 0. The third kappa shape index (κ3) is 3.39. The maximum Gasteiger partial charge on any atom is 0.138 e. The van der Waals surface area contributed by atoms with Gasteiger partial charge in [0.25, 0.3) is 0 Å². The molecule has 2 fully saturated rings. The minimum absolute atomic E-state index is 0.580. The van der Waals surface area contributed by atoms with Gasteiger partial charge in [-0.15, -0.1) is 0 Å². The molecule has 2 aliphatic heterocycles. The normalized spacial score (nSPS) is 21.7. The standard InChI is InChI=1S/C20H22N2O/c1-2-4-17(5-3-1)15-23-20-11-18(12-21-13-20)10-19-7-6-16-8-9-22(19)14-16/h1-5,10-13,16H,6-9,14-15H2. The van der Waals surface area contributed by atoms with Crippen LogP contribution >= 0.6 is 0 Å². The van der Waals surface area contributed by atoms with E-state index in [2.05, 4.69) is 34.2 Å². The predicted octanol–water partition coefficient (Wildman–Crippen LogP) is 4.12. The average Bonchev–Trinajstić information content (AvgIpc) is 2.99. The molecule has 3 heteroatoms. The first-order valence-corrected chi connectivity index (χ1v) is 8.44. The van der Waals surface area contributed by atoms with Gasteiger partial charge in [-0.2, -0.15) is 0 Å². The van der Waals surface area contributed by atoms with Crippen LogP contribution < -0.4 is 4.74 Å². The molecule has 2 bridgehead atoms. The summed E-state index contributed by atoms with van der Waals surface area (Å²) >= 11 is 0. The number of fused-ring (bicyclic) bond motifs is 2. The molecule has 2 aliphatic rings. The highest BCUT2D eigenvalue weighted by molar-refractivity contribution is 5.53. The summed E-state index contributed by atoms with van der Waals surface area (Å²) in [6.45, 7) is 3.04. The SMILES string of the molecule is C(=C1CCC2CCN1C2)c1cncc(OCc2ccccc2)c1. The van der Waals surface area contributed by atoms with Crippen molar-refractivity contribution < 1.29 is 4.74 Å². The number of ether oxygens (including phenoxy) is 1. The molecule has 1 unspecified atom stereocenters. The highest BCUT2D eigenvalue weighted by Gasteiger charge is 2.28. The molecule has 118 valence electrons. The van der Waals surface area contributed by atoms with Gasteiger partial charge in [0.2, 0.25) is 0 Å². The highest BCUT2D eigenvalue weighted by Crippen LogP contribution is 2.34. The Kier molecular flexibility index (Phi) is 4.01. The number of rotatable bonds is 4. The Hall–Kier alpha value is -2.29. The number of piperidine rings is 1. The van der Waals surface area contributed by atoms with Crippen LogP contribution in [0.3, 0.4) is 0 Å². The molecule has 23 heavy (non-hydrogen) atoms. The lowest BCUT2D eigenvalue weighted by Gasteiger charge is -2.27. The zero-order chi connectivity index (χ0) is 15.5. The number of pyridine rings is 1. The van der Waals surface area contributed by atoms with E-state index in [4.69, 9.17) is 4.74 Å². The lowest BCUT2D eigenvalue weighted by Crippen LogP contribution is -2.24. The smallest absolute Gasteiger partial charge is 0.138 e. The molecule has 2 saturated heterocycles. The van der Waals surface area contributed by atoms with Gasteiger partial charge in [0, 0.05) is 25.0 Å². The van der Waals surface area contributed by atoms with Crippen LogP contribution in [0.2, 0.25) is 0 Å². The lowest BCUT2D eigenvalue weighted by atomic mass is 9.98. The van der Waals surface area contributed by atoms with Crippen molar-refractivity contribution in [2.45, 2.75) is 25.9 Å². The van der Waals surface area contributed by atoms with E-state index in [9.17, 15) is 0 Å². The Morgan fingerprint density at radius 2 is 2.09 bits per heavy atom. The minimum Gasteiger partial charge on any atom is -0.487 e. The molecular formula is C20H22N2O.